The molecule has 0 saturated carbocycles. The van der Waals surface area contributed by atoms with Crippen molar-refractivity contribution in [3.05, 3.63) is 59.2 Å². The quantitative estimate of drug-likeness (QED) is 0.855. The summed E-state index contributed by atoms with van der Waals surface area (Å²) >= 11 is 1.41. The molecule has 0 unspecified atom stereocenters. The first kappa shape index (κ1) is 14.9. The number of carbonyl (C=O) groups is 1. The lowest BCUT2D eigenvalue weighted by Crippen LogP contribution is -1.98. The van der Waals surface area contributed by atoms with Gasteiger partial charge in [0, 0.05) is 16.2 Å². The van der Waals surface area contributed by atoms with E-state index in [9.17, 15) is 4.79 Å². The summed E-state index contributed by atoms with van der Waals surface area (Å²) in [4.78, 5) is 11.9. The zero-order valence-corrected chi connectivity index (χ0v) is 12.2. The Bertz CT molecular complexity index is 707. The van der Waals surface area contributed by atoms with E-state index in [1.54, 1.807) is 49.6 Å². The third-order valence-corrected chi connectivity index (χ3v) is 4.03. The lowest BCUT2D eigenvalue weighted by atomic mass is 10.1. The molecule has 1 N–H and O–H groups in total. The summed E-state index contributed by atoms with van der Waals surface area (Å²) in [7, 11) is 1.57. The second-order valence-corrected chi connectivity index (χ2v) is 5.25. The average molecular weight is 299 g/mol. The van der Waals surface area contributed by atoms with Crippen LogP contribution in [-0.4, -0.2) is 18.2 Å². The van der Waals surface area contributed by atoms with Crippen molar-refractivity contribution in [1.82, 2.24) is 0 Å². The SMILES string of the molecule is COc1ccc(C#N)cc1CSc1ccccc1C(=O)O. The Morgan fingerprint density at radius 3 is 2.76 bits per heavy atom. The van der Waals surface area contributed by atoms with Crippen molar-refractivity contribution in [2.24, 2.45) is 0 Å². The normalized spacial score (nSPS) is 9.90. The van der Waals surface area contributed by atoms with E-state index in [1.165, 1.54) is 11.8 Å². The van der Waals surface area contributed by atoms with E-state index in [4.69, 9.17) is 15.1 Å². The Kier molecular flexibility index (Phi) is 4.85. The van der Waals surface area contributed by atoms with E-state index in [1.807, 2.05) is 0 Å². The standard InChI is InChI=1S/C16H13NO3S/c1-20-14-7-6-11(9-17)8-12(14)10-21-15-5-3-2-4-13(15)16(18)19/h2-8H,10H2,1H3,(H,18,19). The van der Waals surface area contributed by atoms with Gasteiger partial charge in [0.1, 0.15) is 5.75 Å². The summed E-state index contributed by atoms with van der Waals surface area (Å²) in [6.07, 6.45) is 0. The number of thioether (sulfide) groups is 1. The summed E-state index contributed by atoms with van der Waals surface area (Å²) in [6, 6.07) is 14.1. The van der Waals surface area contributed by atoms with Crippen molar-refractivity contribution in [3.63, 3.8) is 0 Å². The van der Waals surface area contributed by atoms with Gasteiger partial charge in [-0.3, -0.25) is 0 Å². The second kappa shape index (κ2) is 6.82. The Morgan fingerprint density at radius 2 is 2.10 bits per heavy atom. The number of hydrogen-bond donors (Lipinski definition) is 1. The third kappa shape index (κ3) is 3.56. The highest BCUT2D eigenvalue weighted by Gasteiger charge is 2.11. The van der Waals surface area contributed by atoms with Gasteiger partial charge in [-0.1, -0.05) is 12.1 Å². The number of nitriles is 1. The first-order chi connectivity index (χ1) is 10.2. The first-order valence-corrected chi connectivity index (χ1v) is 7.16. The Labute approximate surface area is 127 Å². The van der Waals surface area contributed by atoms with Crippen LogP contribution in [0.5, 0.6) is 5.75 Å². The van der Waals surface area contributed by atoms with Crippen molar-refractivity contribution in [2.45, 2.75) is 10.6 Å². The molecule has 0 aliphatic rings. The summed E-state index contributed by atoms with van der Waals surface area (Å²) < 4.78 is 5.27. The largest absolute Gasteiger partial charge is 0.496 e. The number of ether oxygens (including phenoxy) is 1. The van der Waals surface area contributed by atoms with Crippen LogP contribution in [0.4, 0.5) is 0 Å². The van der Waals surface area contributed by atoms with E-state index >= 15 is 0 Å². The van der Waals surface area contributed by atoms with Crippen LogP contribution >= 0.6 is 11.8 Å². The number of carboxylic acids is 1. The molecule has 0 radical (unpaired) electrons. The van der Waals surface area contributed by atoms with Gasteiger partial charge in [-0.25, -0.2) is 4.79 Å². The highest BCUT2D eigenvalue weighted by atomic mass is 32.2. The van der Waals surface area contributed by atoms with Gasteiger partial charge in [0.2, 0.25) is 0 Å². The molecule has 106 valence electrons. The molecule has 0 heterocycles. The number of carboxylic acid groups (broad SMARTS) is 1. The summed E-state index contributed by atoms with van der Waals surface area (Å²) in [5.74, 6) is 0.272. The molecule has 2 aromatic rings. The lowest BCUT2D eigenvalue weighted by Gasteiger charge is -2.10. The zero-order valence-electron chi connectivity index (χ0n) is 11.4. The van der Waals surface area contributed by atoms with Crippen molar-refractivity contribution >= 4 is 17.7 Å². The van der Waals surface area contributed by atoms with Crippen molar-refractivity contribution in [2.75, 3.05) is 7.11 Å². The molecule has 0 amide bonds. The van der Waals surface area contributed by atoms with Crippen LogP contribution in [0.25, 0.3) is 0 Å². The van der Waals surface area contributed by atoms with Gasteiger partial charge in [0.15, 0.2) is 0 Å². The van der Waals surface area contributed by atoms with Crippen LogP contribution in [0.15, 0.2) is 47.4 Å². The molecular formula is C16H13NO3S. The Hall–Kier alpha value is -2.45. The molecule has 2 aromatic carbocycles. The minimum absolute atomic E-state index is 0.276. The smallest absolute Gasteiger partial charge is 0.336 e. The van der Waals surface area contributed by atoms with Gasteiger partial charge >= 0.3 is 5.97 Å². The first-order valence-electron chi connectivity index (χ1n) is 6.18. The van der Waals surface area contributed by atoms with E-state index in [0.29, 0.717) is 22.0 Å². The molecule has 5 heteroatoms. The molecule has 0 spiro atoms. The molecule has 0 saturated heterocycles. The molecular weight excluding hydrogens is 286 g/mol. The second-order valence-electron chi connectivity index (χ2n) is 4.23. The fourth-order valence-electron chi connectivity index (χ4n) is 1.89. The fourth-order valence-corrected chi connectivity index (χ4v) is 2.91. The van der Waals surface area contributed by atoms with Crippen molar-refractivity contribution in [3.8, 4) is 11.8 Å². The van der Waals surface area contributed by atoms with Crippen LogP contribution in [-0.2, 0) is 5.75 Å². The van der Waals surface area contributed by atoms with Gasteiger partial charge in [-0.15, -0.1) is 11.8 Å². The van der Waals surface area contributed by atoms with E-state index in [-0.39, 0.29) is 5.56 Å². The van der Waals surface area contributed by atoms with E-state index in [0.717, 1.165) is 5.56 Å². The van der Waals surface area contributed by atoms with Crippen LogP contribution in [0.1, 0.15) is 21.5 Å². The molecule has 0 fully saturated rings. The van der Waals surface area contributed by atoms with Gasteiger partial charge < -0.3 is 9.84 Å². The molecule has 0 atom stereocenters. The lowest BCUT2D eigenvalue weighted by molar-refractivity contribution is 0.0693. The van der Waals surface area contributed by atoms with Crippen LogP contribution in [0.3, 0.4) is 0 Å². The maximum Gasteiger partial charge on any atom is 0.336 e. The molecule has 0 aliphatic carbocycles. The molecule has 0 aromatic heterocycles. The molecule has 0 aliphatic heterocycles. The fraction of sp³-hybridized carbons (Fsp3) is 0.125. The average Bonchev–Trinajstić information content (AvgIpc) is 2.52. The molecule has 0 bridgehead atoms. The van der Waals surface area contributed by atoms with Crippen LogP contribution < -0.4 is 4.74 Å². The number of nitrogens with zero attached hydrogens (tertiary/aromatic N) is 1. The van der Waals surface area contributed by atoms with E-state index in [2.05, 4.69) is 6.07 Å². The molecule has 4 nitrogen and oxygen atoms in total. The molecule has 2 rings (SSSR count). The van der Waals surface area contributed by atoms with Crippen molar-refractivity contribution in [1.29, 1.82) is 5.26 Å². The highest BCUT2D eigenvalue weighted by Crippen LogP contribution is 2.30. The minimum atomic E-state index is -0.948. The minimum Gasteiger partial charge on any atom is -0.496 e. The van der Waals surface area contributed by atoms with Crippen molar-refractivity contribution < 1.29 is 14.6 Å². The van der Waals surface area contributed by atoms with Gasteiger partial charge in [0.25, 0.3) is 0 Å². The monoisotopic (exact) mass is 299 g/mol. The highest BCUT2D eigenvalue weighted by molar-refractivity contribution is 7.98. The predicted molar refractivity (Wildman–Crippen MR) is 80.7 cm³/mol. The Balaban J connectivity index is 2.24. The number of methoxy groups -OCH3 is 1. The van der Waals surface area contributed by atoms with Crippen LogP contribution in [0.2, 0.25) is 0 Å². The zero-order chi connectivity index (χ0) is 15.2. The maximum atomic E-state index is 11.2. The number of aromatic carboxylic acids is 1. The number of benzene rings is 2. The predicted octanol–water partition coefficient (Wildman–Crippen LogP) is 3.56. The summed E-state index contributed by atoms with van der Waals surface area (Å²) in [6.45, 7) is 0. The van der Waals surface area contributed by atoms with Gasteiger partial charge in [0.05, 0.1) is 24.3 Å². The number of rotatable bonds is 5. The van der Waals surface area contributed by atoms with Gasteiger partial charge in [-0.05, 0) is 30.3 Å². The number of hydrogen-bond acceptors (Lipinski definition) is 4. The van der Waals surface area contributed by atoms with Crippen LogP contribution in [0, 0.1) is 11.3 Å². The maximum absolute atomic E-state index is 11.2. The van der Waals surface area contributed by atoms with E-state index < -0.39 is 5.97 Å². The summed E-state index contributed by atoms with van der Waals surface area (Å²) in [5, 5.41) is 18.1. The molecule has 21 heavy (non-hydrogen) atoms. The Morgan fingerprint density at radius 1 is 1.33 bits per heavy atom. The van der Waals surface area contributed by atoms with Gasteiger partial charge in [-0.2, -0.15) is 5.26 Å². The third-order valence-electron chi connectivity index (χ3n) is 2.91. The topological polar surface area (TPSA) is 70.3 Å². The summed E-state index contributed by atoms with van der Waals surface area (Å²) in [5.41, 5.74) is 1.69.